The maximum absolute atomic E-state index is 4.30. The monoisotopic (exact) mass is 221 g/mol. The lowest BCUT2D eigenvalue weighted by Gasteiger charge is -2.22. The van der Waals surface area contributed by atoms with E-state index in [0.29, 0.717) is 17.5 Å². The van der Waals surface area contributed by atoms with Crippen molar-refractivity contribution >= 4 is 0 Å². The van der Waals surface area contributed by atoms with Gasteiger partial charge >= 0.3 is 0 Å². The molecule has 3 heteroatoms. The highest BCUT2D eigenvalue weighted by Gasteiger charge is 2.37. The molecular weight excluding hydrogens is 198 g/mol. The van der Waals surface area contributed by atoms with Crippen LogP contribution in [0.3, 0.4) is 0 Å². The van der Waals surface area contributed by atoms with E-state index in [1.807, 2.05) is 12.4 Å². The molecular formula is C13H23N3. The number of hydrogen-bond acceptors (Lipinski definition) is 2. The van der Waals surface area contributed by atoms with E-state index in [4.69, 9.17) is 0 Å². The van der Waals surface area contributed by atoms with Crippen LogP contribution in [0.5, 0.6) is 0 Å². The maximum Gasteiger partial charge on any atom is 0.122 e. The Morgan fingerprint density at radius 3 is 2.75 bits per heavy atom. The Labute approximate surface area is 98.1 Å². The normalized spacial score (nSPS) is 30.5. The van der Waals surface area contributed by atoms with Crippen molar-refractivity contribution in [1.29, 1.82) is 0 Å². The number of imidazole rings is 1. The minimum absolute atomic E-state index is 0.316. The molecule has 1 aliphatic carbocycles. The summed E-state index contributed by atoms with van der Waals surface area (Å²) < 4.78 is 0. The number of nitrogens with one attached hydrogen (secondary N) is 2. The topological polar surface area (TPSA) is 40.7 Å². The van der Waals surface area contributed by atoms with E-state index in [-0.39, 0.29) is 0 Å². The molecule has 3 nitrogen and oxygen atoms in total. The van der Waals surface area contributed by atoms with Gasteiger partial charge in [-0.25, -0.2) is 4.98 Å². The molecule has 1 aromatic rings. The fraction of sp³-hybridized carbons (Fsp3) is 0.769. The summed E-state index contributed by atoms with van der Waals surface area (Å²) in [7, 11) is 0. The third-order valence-electron chi connectivity index (χ3n) is 3.73. The predicted molar refractivity (Wildman–Crippen MR) is 66.1 cm³/mol. The van der Waals surface area contributed by atoms with Crippen molar-refractivity contribution in [1.82, 2.24) is 15.3 Å². The van der Waals surface area contributed by atoms with E-state index in [1.54, 1.807) is 0 Å². The van der Waals surface area contributed by atoms with Gasteiger partial charge in [0.25, 0.3) is 0 Å². The van der Waals surface area contributed by atoms with Crippen molar-refractivity contribution < 1.29 is 0 Å². The van der Waals surface area contributed by atoms with E-state index >= 15 is 0 Å². The lowest BCUT2D eigenvalue weighted by molar-refractivity contribution is 0.354. The zero-order valence-electron chi connectivity index (χ0n) is 10.7. The smallest absolute Gasteiger partial charge is 0.122 e. The van der Waals surface area contributed by atoms with Crippen molar-refractivity contribution in [3.8, 4) is 0 Å². The van der Waals surface area contributed by atoms with Gasteiger partial charge in [0.2, 0.25) is 0 Å². The van der Waals surface area contributed by atoms with Crippen LogP contribution in [0.1, 0.15) is 52.4 Å². The van der Waals surface area contributed by atoms with Gasteiger partial charge in [-0.1, -0.05) is 20.8 Å². The minimum Gasteiger partial charge on any atom is -0.347 e. The molecule has 2 rings (SSSR count). The summed E-state index contributed by atoms with van der Waals surface area (Å²) in [6, 6.07) is 0.937. The predicted octanol–water partition coefficient (Wildman–Crippen LogP) is 2.89. The fourth-order valence-electron chi connectivity index (χ4n) is 3.03. The molecule has 0 bridgehead atoms. The molecule has 0 aromatic carbocycles. The molecule has 0 saturated heterocycles. The zero-order valence-corrected chi connectivity index (χ0v) is 10.7. The van der Waals surface area contributed by atoms with Gasteiger partial charge in [0.15, 0.2) is 0 Å². The van der Waals surface area contributed by atoms with Crippen LogP contribution >= 0.6 is 0 Å². The molecule has 3 unspecified atom stereocenters. The molecule has 1 fully saturated rings. The lowest BCUT2D eigenvalue weighted by atomic mass is 9.91. The van der Waals surface area contributed by atoms with Crippen LogP contribution in [-0.2, 0) is 0 Å². The average molecular weight is 221 g/mol. The van der Waals surface area contributed by atoms with Crippen LogP contribution in [0.4, 0.5) is 0 Å². The third kappa shape index (κ3) is 2.46. The molecule has 0 aliphatic heterocycles. The summed E-state index contributed by atoms with van der Waals surface area (Å²) in [5, 5.41) is 3.69. The highest BCUT2D eigenvalue weighted by atomic mass is 15.0. The largest absolute Gasteiger partial charge is 0.347 e. The molecule has 90 valence electrons. The number of nitrogens with zero attached hydrogens (tertiary/aromatic N) is 1. The van der Waals surface area contributed by atoms with Gasteiger partial charge in [-0.2, -0.15) is 0 Å². The molecule has 0 radical (unpaired) electrons. The van der Waals surface area contributed by atoms with E-state index < -0.39 is 0 Å². The van der Waals surface area contributed by atoms with Gasteiger partial charge in [-0.05, 0) is 31.1 Å². The second-order valence-electron chi connectivity index (χ2n) is 6.02. The fourth-order valence-corrected chi connectivity index (χ4v) is 3.03. The Balaban J connectivity index is 1.95. The number of rotatable bonds is 3. The highest BCUT2D eigenvalue weighted by molar-refractivity contribution is 4.98. The molecule has 1 heterocycles. The Hall–Kier alpha value is -0.830. The van der Waals surface area contributed by atoms with Crippen LogP contribution < -0.4 is 5.32 Å². The van der Waals surface area contributed by atoms with E-state index in [0.717, 1.165) is 11.7 Å². The van der Waals surface area contributed by atoms with Crippen molar-refractivity contribution in [3.05, 3.63) is 18.2 Å². The SMILES string of the molecule is CC(NC1CC(C)(C)CC1C)c1ncc[nH]1. The summed E-state index contributed by atoms with van der Waals surface area (Å²) >= 11 is 0. The van der Waals surface area contributed by atoms with Crippen LogP contribution in [0.15, 0.2) is 12.4 Å². The number of hydrogen-bond donors (Lipinski definition) is 2. The lowest BCUT2D eigenvalue weighted by Crippen LogP contribution is -2.34. The van der Waals surface area contributed by atoms with Gasteiger partial charge in [0.1, 0.15) is 5.82 Å². The molecule has 1 saturated carbocycles. The summed E-state index contributed by atoms with van der Waals surface area (Å²) in [5.74, 6) is 1.80. The highest BCUT2D eigenvalue weighted by Crippen LogP contribution is 2.41. The first-order valence-electron chi connectivity index (χ1n) is 6.23. The summed E-state index contributed by atoms with van der Waals surface area (Å²) in [6.45, 7) is 9.25. The molecule has 1 aliphatic rings. The average Bonchev–Trinajstić information content (AvgIpc) is 2.74. The second kappa shape index (κ2) is 4.21. The minimum atomic E-state index is 0.316. The Kier molecular flexibility index (Phi) is 3.06. The van der Waals surface area contributed by atoms with Crippen LogP contribution in [0, 0.1) is 11.3 Å². The summed E-state index contributed by atoms with van der Waals surface area (Å²) in [5.41, 5.74) is 0.486. The Morgan fingerprint density at radius 2 is 2.25 bits per heavy atom. The van der Waals surface area contributed by atoms with Gasteiger partial charge in [0.05, 0.1) is 6.04 Å². The van der Waals surface area contributed by atoms with E-state index in [1.165, 1.54) is 12.8 Å². The standard InChI is InChI=1S/C13H23N3/c1-9-7-13(3,4)8-11(9)16-10(2)12-14-5-6-15-12/h5-6,9-11,16H,7-8H2,1-4H3,(H,14,15). The quantitative estimate of drug-likeness (QED) is 0.824. The first-order valence-corrected chi connectivity index (χ1v) is 6.23. The van der Waals surface area contributed by atoms with Crippen LogP contribution in [-0.4, -0.2) is 16.0 Å². The molecule has 16 heavy (non-hydrogen) atoms. The first-order chi connectivity index (χ1) is 7.48. The second-order valence-corrected chi connectivity index (χ2v) is 6.02. The zero-order chi connectivity index (χ0) is 11.8. The molecule has 0 amide bonds. The van der Waals surface area contributed by atoms with Gasteiger partial charge in [-0.15, -0.1) is 0 Å². The Bertz CT molecular complexity index is 329. The number of aromatic nitrogens is 2. The summed E-state index contributed by atoms with van der Waals surface area (Å²) in [6.07, 6.45) is 6.28. The van der Waals surface area contributed by atoms with Crippen molar-refractivity contribution in [2.24, 2.45) is 11.3 Å². The molecule has 0 spiro atoms. The van der Waals surface area contributed by atoms with E-state index in [9.17, 15) is 0 Å². The number of H-pyrrole nitrogens is 1. The summed E-state index contributed by atoms with van der Waals surface area (Å²) in [4.78, 5) is 7.47. The first kappa shape index (κ1) is 11.6. The van der Waals surface area contributed by atoms with Crippen molar-refractivity contribution in [2.45, 2.75) is 52.6 Å². The van der Waals surface area contributed by atoms with Crippen LogP contribution in [0.25, 0.3) is 0 Å². The van der Waals surface area contributed by atoms with Gasteiger partial charge in [-0.3, -0.25) is 0 Å². The van der Waals surface area contributed by atoms with E-state index in [2.05, 4.69) is 43.0 Å². The van der Waals surface area contributed by atoms with Gasteiger partial charge in [0, 0.05) is 18.4 Å². The van der Waals surface area contributed by atoms with Gasteiger partial charge < -0.3 is 10.3 Å². The molecule has 1 aromatic heterocycles. The third-order valence-corrected chi connectivity index (χ3v) is 3.73. The van der Waals surface area contributed by atoms with Crippen molar-refractivity contribution in [3.63, 3.8) is 0 Å². The molecule has 2 N–H and O–H groups in total. The maximum atomic E-state index is 4.30. The van der Waals surface area contributed by atoms with Crippen molar-refractivity contribution in [2.75, 3.05) is 0 Å². The molecule has 3 atom stereocenters. The number of aromatic amines is 1. The van der Waals surface area contributed by atoms with Crippen LogP contribution in [0.2, 0.25) is 0 Å². The Morgan fingerprint density at radius 1 is 1.50 bits per heavy atom.